The summed E-state index contributed by atoms with van der Waals surface area (Å²) in [4.78, 5) is 2.31. The number of benzene rings is 9. The van der Waals surface area contributed by atoms with Gasteiger partial charge in [-0.3, -0.25) is 0 Å². The Labute approximate surface area is 325 Å². The smallest absolute Gasteiger partial charge is 0.143 e. The van der Waals surface area contributed by atoms with Crippen molar-refractivity contribution in [1.82, 2.24) is 0 Å². The number of hydrogen-bond acceptors (Lipinski definition) is 4. The molecule has 0 aliphatic heterocycles. The van der Waals surface area contributed by atoms with Crippen molar-refractivity contribution in [3.63, 3.8) is 0 Å². The zero-order chi connectivity index (χ0) is 36.7. The van der Waals surface area contributed by atoms with Crippen LogP contribution in [0.2, 0.25) is 0 Å². The van der Waals surface area contributed by atoms with Gasteiger partial charge in [0.1, 0.15) is 22.3 Å². The van der Waals surface area contributed by atoms with Crippen LogP contribution >= 0.6 is 11.3 Å². The fraction of sp³-hybridized carbons (Fsp3) is 0. The first-order valence-corrected chi connectivity index (χ1v) is 19.7. The third kappa shape index (κ3) is 4.83. The highest BCUT2D eigenvalue weighted by molar-refractivity contribution is 7.25. The second kappa shape index (κ2) is 12.2. The van der Waals surface area contributed by atoms with Crippen LogP contribution in [0.25, 0.3) is 97.1 Å². The van der Waals surface area contributed by atoms with Gasteiger partial charge in [0, 0.05) is 70.2 Å². The van der Waals surface area contributed by atoms with Gasteiger partial charge < -0.3 is 13.7 Å². The molecule has 0 fully saturated rings. The molecule has 3 heterocycles. The fourth-order valence-electron chi connectivity index (χ4n) is 8.59. The van der Waals surface area contributed by atoms with Crippen LogP contribution in [0.3, 0.4) is 0 Å². The Balaban J connectivity index is 0.968. The highest BCUT2D eigenvalue weighted by Crippen LogP contribution is 2.43. The van der Waals surface area contributed by atoms with Crippen LogP contribution in [-0.2, 0) is 0 Å². The summed E-state index contributed by atoms with van der Waals surface area (Å²) in [6, 6.07) is 67.3. The van der Waals surface area contributed by atoms with Crippen LogP contribution < -0.4 is 4.90 Å². The topological polar surface area (TPSA) is 29.5 Å². The maximum Gasteiger partial charge on any atom is 0.143 e. The quantitative estimate of drug-likeness (QED) is 0.176. The Kier molecular flexibility index (Phi) is 6.80. The Morgan fingerprint density at radius 3 is 1.84 bits per heavy atom. The Bertz CT molecular complexity index is 3480. The van der Waals surface area contributed by atoms with E-state index in [4.69, 9.17) is 8.83 Å². The van der Waals surface area contributed by atoms with E-state index < -0.39 is 0 Å². The monoisotopic (exact) mass is 733 g/mol. The molecule has 262 valence electrons. The number of furan rings is 2. The average Bonchev–Trinajstić information content (AvgIpc) is 3.95. The maximum absolute atomic E-state index is 6.52. The Morgan fingerprint density at radius 1 is 0.357 bits per heavy atom. The van der Waals surface area contributed by atoms with E-state index in [-0.39, 0.29) is 0 Å². The molecule has 0 aliphatic rings. The number of hydrogen-bond donors (Lipinski definition) is 0. The van der Waals surface area contributed by atoms with Crippen molar-refractivity contribution in [3.8, 4) is 22.3 Å². The minimum absolute atomic E-state index is 0.865. The van der Waals surface area contributed by atoms with Gasteiger partial charge >= 0.3 is 0 Å². The zero-order valence-electron chi connectivity index (χ0n) is 30.1. The van der Waals surface area contributed by atoms with Crippen LogP contribution in [0, 0.1) is 0 Å². The summed E-state index contributed by atoms with van der Waals surface area (Å²) in [6.45, 7) is 0. The van der Waals surface area contributed by atoms with E-state index in [1.165, 1.54) is 36.7 Å². The van der Waals surface area contributed by atoms with Crippen molar-refractivity contribution < 1.29 is 8.83 Å². The van der Waals surface area contributed by atoms with Crippen molar-refractivity contribution in [1.29, 1.82) is 0 Å². The van der Waals surface area contributed by atoms with Crippen molar-refractivity contribution in [3.05, 3.63) is 188 Å². The summed E-state index contributed by atoms with van der Waals surface area (Å²) in [5.41, 5.74) is 11.4. The van der Waals surface area contributed by atoms with Gasteiger partial charge in [-0.25, -0.2) is 0 Å². The lowest BCUT2D eigenvalue weighted by molar-refractivity contribution is 0.669. The van der Waals surface area contributed by atoms with Crippen LogP contribution in [-0.4, -0.2) is 0 Å². The molecular weight excluding hydrogens is 703 g/mol. The summed E-state index contributed by atoms with van der Waals surface area (Å²) >= 11 is 1.85. The van der Waals surface area contributed by atoms with E-state index in [0.717, 1.165) is 77.5 Å². The molecule has 12 rings (SSSR count). The lowest BCUT2D eigenvalue weighted by Gasteiger charge is -2.26. The third-order valence-corrected chi connectivity index (χ3v) is 12.4. The first kappa shape index (κ1) is 31.2. The van der Waals surface area contributed by atoms with Crippen LogP contribution in [0.4, 0.5) is 17.1 Å². The van der Waals surface area contributed by atoms with E-state index in [9.17, 15) is 0 Å². The summed E-state index contributed by atoms with van der Waals surface area (Å²) in [6.07, 6.45) is 0. The molecule has 56 heavy (non-hydrogen) atoms. The highest BCUT2D eigenvalue weighted by Gasteiger charge is 2.18. The first-order chi connectivity index (χ1) is 27.7. The van der Waals surface area contributed by atoms with E-state index in [0.29, 0.717) is 0 Å². The van der Waals surface area contributed by atoms with Gasteiger partial charge in [0.15, 0.2) is 0 Å². The van der Waals surface area contributed by atoms with E-state index in [1.54, 1.807) is 0 Å². The average molecular weight is 734 g/mol. The largest absolute Gasteiger partial charge is 0.456 e. The normalized spacial score (nSPS) is 11.9. The van der Waals surface area contributed by atoms with Crippen molar-refractivity contribution in [2.45, 2.75) is 0 Å². The lowest BCUT2D eigenvalue weighted by Crippen LogP contribution is -2.09. The van der Waals surface area contributed by atoms with Crippen LogP contribution in [0.15, 0.2) is 197 Å². The van der Waals surface area contributed by atoms with Gasteiger partial charge in [-0.2, -0.15) is 0 Å². The predicted molar refractivity (Wildman–Crippen MR) is 237 cm³/mol. The van der Waals surface area contributed by atoms with Crippen molar-refractivity contribution in [2.24, 2.45) is 0 Å². The molecule has 0 radical (unpaired) electrons. The molecule has 0 saturated carbocycles. The molecule has 12 aromatic rings. The summed E-state index contributed by atoms with van der Waals surface area (Å²) < 4.78 is 15.5. The third-order valence-electron chi connectivity index (χ3n) is 11.3. The molecule has 4 heteroatoms. The maximum atomic E-state index is 6.52. The van der Waals surface area contributed by atoms with E-state index in [1.807, 2.05) is 23.5 Å². The molecular formula is C52H31NO2S. The van der Waals surface area contributed by atoms with Gasteiger partial charge in [-0.15, -0.1) is 11.3 Å². The van der Waals surface area contributed by atoms with Gasteiger partial charge in [0.25, 0.3) is 0 Å². The van der Waals surface area contributed by atoms with Crippen LogP contribution in [0.1, 0.15) is 0 Å². The molecule has 3 aromatic heterocycles. The molecule has 0 unspecified atom stereocenters. The van der Waals surface area contributed by atoms with E-state index in [2.05, 4.69) is 181 Å². The number of rotatable bonds is 5. The molecule has 0 spiro atoms. The number of nitrogens with zero attached hydrogens (tertiary/aromatic N) is 1. The minimum Gasteiger partial charge on any atom is -0.456 e. The van der Waals surface area contributed by atoms with Gasteiger partial charge in [-0.05, 0) is 94.4 Å². The molecule has 0 N–H and O–H groups in total. The molecule has 9 aromatic carbocycles. The van der Waals surface area contributed by atoms with Gasteiger partial charge in [0.2, 0.25) is 0 Å². The number of anilines is 3. The first-order valence-electron chi connectivity index (χ1n) is 18.9. The summed E-state index contributed by atoms with van der Waals surface area (Å²) in [5.74, 6) is 0. The van der Waals surface area contributed by atoms with E-state index >= 15 is 0 Å². The Morgan fingerprint density at radius 2 is 0.982 bits per heavy atom. The zero-order valence-corrected chi connectivity index (χ0v) is 30.9. The second-order valence-electron chi connectivity index (χ2n) is 14.5. The molecule has 0 amide bonds. The molecule has 3 nitrogen and oxygen atoms in total. The van der Waals surface area contributed by atoms with Crippen molar-refractivity contribution >= 4 is 103 Å². The highest BCUT2D eigenvalue weighted by atomic mass is 32.1. The number of para-hydroxylation sites is 1. The molecule has 0 atom stereocenters. The van der Waals surface area contributed by atoms with Crippen molar-refractivity contribution in [2.75, 3.05) is 4.90 Å². The second-order valence-corrected chi connectivity index (χ2v) is 15.5. The molecule has 0 aliphatic carbocycles. The fourth-order valence-corrected chi connectivity index (χ4v) is 9.74. The van der Waals surface area contributed by atoms with Crippen LogP contribution in [0.5, 0.6) is 0 Å². The Hall–Kier alpha value is -7.14. The lowest BCUT2D eigenvalue weighted by atomic mass is 9.98. The molecule has 0 bridgehead atoms. The molecule has 0 saturated heterocycles. The summed E-state index contributed by atoms with van der Waals surface area (Å²) in [7, 11) is 0. The standard InChI is InChI=1S/C52H31NO2S/c1-2-9-40-33(8-1)20-28-45-51-39(12-7-14-47(51)55-52(40)45)34-18-24-37(25-19-34)53(38-26-29-42-41-10-3-5-13-46(41)54-48(42)31-38)36-22-16-32(17-23-36)35-21-27-44-43-11-4-6-15-49(43)56-50(44)30-35/h1-31H. The SMILES string of the molecule is c1ccc2c(c1)ccc1c2oc2cccc(-c3ccc(N(c4ccc(-c5ccc6c(c5)sc5ccccc56)cc4)c4ccc5c(c4)oc4ccccc45)cc3)c21. The minimum atomic E-state index is 0.865. The van der Waals surface area contributed by atoms with Gasteiger partial charge in [-0.1, -0.05) is 115 Å². The summed E-state index contributed by atoms with van der Waals surface area (Å²) in [5, 5.41) is 9.44. The number of fused-ring (bicyclic) bond motifs is 11. The number of thiophene rings is 1. The van der Waals surface area contributed by atoms with Gasteiger partial charge in [0.05, 0.1) is 0 Å². The predicted octanol–water partition coefficient (Wildman–Crippen LogP) is 15.8.